The quantitative estimate of drug-likeness (QED) is 0.644. The van der Waals surface area contributed by atoms with Crippen LogP contribution in [0, 0.1) is 13.8 Å². The third-order valence-corrected chi connectivity index (χ3v) is 4.58. The van der Waals surface area contributed by atoms with E-state index in [1.165, 1.54) is 30.6 Å². The van der Waals surface area contributed by atoms with Crippen LogP contribution < -0.4 is 4.74 Å². The van der Waals surface area contributed by atoms with Crippen LogP contribution in [0.2, 0.25) is 0 Å². The standard InChI is InChI=1S/C17H15F3N2OS/c1-10-4-5-11(2)22(10)16-21-14(9-24-16)12-6-7-13(17(18,19)20)15(8-12)23-3/h4-9H,1-3H3. The Hall–Kier alpha value is -2.28. The molecule has 126 valence electrons. The normalized spacial score (nSPS) is 11.8. The average Bonchev–Trinajstić information content (AvgIpc) is 3.12. The lowest BCUT2D eigenvalue weighted by Crippen LogP contribution is -2.07. The Labute approximate surface area is 141 Å². The molecular formula is C17H15F3N2OS. The molecule has 1 aromatic carbocycles. The molecule has 2 heterocycles. The molecule has 0 bridgehead atoms. The van der Waals surface area contributed by atoms with E-state index in [9.17, 15) is 13.2 Å². The van der Waals surface area contributed by atoms with Gasteiger partial charge in [0.25, 0.3) is 0 Å². The van der Waals surface area contributed by atoms with E-state index in [0.717, 1.165) is 22.6 Å². The summed E-state index contributed by atoms with van der Waals surface area (Å²) in [5.74, 6) is -0.206. The van der Waals surface area contributed by atoms with Gasteiger partial charge in [-0.05, 0) is 38.1 Å². The van der Waals surface area contributed by atoms with E-state index in [4.69, 9.17) is 4.74 Å². The molecule has 0 fully saturated rings. The van der Waals surface area contributed by atoms with Gasteiger partial charge in [0.05, 0.1) is 18.4 Å². The molecule has 0 spiro atoms. The summed E-state index contributed by atoms with van der Waals surface area (Å²) >= 11 is 1.44. The lowest BCUT2D eigenvalue weighted by Gasteiger charge is -2.12. The summed E-state index contributed by atoms with van der Waals surface area (Å²) in [6.45, 7) is 3.96. The summed E-state index contributed by atoms with van der Waals surface area (Å²) in [5.41, 5.74) is 2.53. The highest BCUT2D eigenvalue weighted by molar-refractivity contribution is 7.12. The molecular weight excluding hydrogens is 337 g/mol. The van der Waals surface area contributed by atoms with Crippen LogP contribution in [-0.4, -0.2) is 16.7 Å². The topological polar surface area (TPSA) is 27.1 Å². The third-order valence-electron chi connectivity index (χ3n) is 3.76. The zero-order chi connectivity index (χ0) is 17.5. The highest BCUT2D eigenvalue weighted by Gasteiger charge is 2.34. The fourth-order valence-electron chi connectivity index (χ4n) is 2.55. The number of alkyl halides is 3. The van der Waals surface area contributed by atoms with E-state index in [1.54, 1.807) is 0 Å². The van der Waals surface area contributed by atoms with Gasteiger partial charge < -0.3 is 4.74 Å². The minimum Gasteiger partial charge on any atom is -0.496 e. The van der Waals surface area contributed by atoms with Crippen molar-refractivity contribution in [3.8, 4) is 22.1 Å². The summed E-state index contributed by atoms with van der Waals surface area (Å²) in [4.78, 5) is 4.56. The summed E-state index contributed by atoms with van der Waals surface area (Å²) in [5, 5.41) is 2.61. The zero-order valence-electron chi connectivity index (χ0n) is 13.3. The highest BCUT2D eigenvalue weighted by atomic mass is 32.1. The first kappa shape index (κ1) is 16.6. The molecule has 0 radical (unpaired) electrons. The van der Waals surface area contributed by atoms with Crippen molar-refractivity contribution in [2.45, 2.75) is 20.0 Å². The number of benzene rings is 1. The first-order chi connectivity index (χ1) is 11.3. The molecule has 0 N–H and O–H groups in total. The molecule has 3 nitrogen and oxygen atoms in total. The summed E-state index contributed by atoms with van der Waals surface area (Å²) in [6, 6.07) is 7.81. The molecule has 0 saturated heterocycles. The predicted molar refractivity (Wildman–Crippen MR) is 87.9 cm³/mol. The van der Waals surface area contributed by atoms with Crippen LogP contribution in [0.1, 0.15) is 17.0 Å². The fraction of sp³-hybridized carbons (Fsp3) is 0.235. The van der Waals surface area contributed by atoms with Crippen LogP contribution in [-0.2, 0) is 6.18 Å². The van der Waals surface area contributed by atoms with E-state index < -0.39 is 11.7 Å². The minimum absolute atomic E-state index is 0.206. The number of nitrogens with zero attached hydrogens (tertiary/aromatic N) is 2. The lowest BCUT2D eigenvalue weighted by atomic mass is 10.1. The van der Waals surface area contributed by atoms with Gasteiger partial charge in [0.15, 0.2) is 5.13 Å². The number of halogens is 3. The van der Waals surface area contributed by atoms with Gasteiger partial charge in [-0.3, -0.25) is 4.57 Å². The van der Waals surface area contributed by atoms with Crippen molar-refractivity contribution in [1.29, 1.82) is 0 Å². The van der Waals surface area contributed by atoms with Crippen LogP contribution in [0.5, 0.6) is 5.75 Å². The minimum atomic E-state index is -4.45. The molecule has 7 heteroatoms. The Balaban J connectivity index is 2.02. The molecule has 0 unspecified atom stereocenters. The van der Waals surface area contributed by atoms with Gasteiger partial charge in [0, 0.05) is 22.3 Å². The van der Waals surface area contributed by atoms with Crippen molar-refractivity contribution in [2.24, 2.45) is 0 Å². The lowest BCUT2D eigenvalue weighted by molar-refractivity contribution is -0.138. The molecule has 0 saturated carbocycles. The van der Waals surface area contributed by atoms with Crippen molar-refractivity contribution < 1.29 is 17.9 Å². The second kappa shape index (κ2) is 5.98. The molecule has 0 aliphatic carbocycles. The Morgan fingerprint density at radius 3 is 2.33 bits per heavy atom. The molecule has 3 aromatic rings. The van der Waals surface area contributed by atoms with Crippen LogP contribution in [0.15, 0.2) is 35.7 Å². The predicted octanol–water partition coefficient (Wildman–Crippen LogP) is 5.25. The Kier molecular flexibility index (Phi) is 4.13. The van der Waals surface area contributed by atoms with Crippen molar-refractivity contribution in [3.05, 3.63) is 52.7 Å². The molecule has 0 aliphatic rings. The number of methoxy groups -OCH3 is 1. The molecule has 0 atom stereocenters. The van der Waals surface area contributed by atoms with E-state index >= 15 is 0 Å². The first-order valence-corrected chi connectivity index (χ1v) is 8.05. The van der Waals surface area contributed by atoms with Crippen LogP contribution in [0.3, 0.4) is 0 Å². The van der Waals surface area contributed by atoms with Gasteiger partial charge in [-0.2, -0.15) is 13.2 Å². The van der Waals surface area contributed by atoms with Crippen LogP contribution >= 0.6 is 11.3 Å². The van der Waals surface area contributed by atoms with E-state index in [0.29, 0.717) is 11.3 Å². The number of aromatic nitrogens is 2. The first-order valence-electron chi connectivity index (χ1n) is 7.17. The second-order valence-corrected chi connectivity index (χ2v) is 6.22. The molecule has 24 heavy (non-hydrogen) atoms. The van der Waals surface area contributed by atoms with Crippen molar-refractivity contribution in [2.75, 3.05) is 7.11 Å². The number of hydrogen-bond donors (Lipinski definition) is 0. The Morgan fingerprint density at radius 1 is 1.08 bits per heavy atom. The van der Waals surface area contributed by atoms with Gasteiger partial charge >= 0.3 is 6.18 Å². The Morgan fingerprint density at radius 2 is 1.75 bits per heavy atom. The summed E-state index contributed by atoms with van der Waals surface area (Å²) < 4.78 is 45.8. The highest BCUT2D eigenvalue weighted by Crippen LogP contribution is 2.38. The Bertz CT molecular complexity index is 861. The largest absolute Gasteiger partial charge is 0.496 e. The SMILES string of the molecule is COc1cc(-c2csc(-n3c(C)ccc3C)n2)ccc1C(F)(F)F. The van der Waals surface area contributed by atoms with Gasteiger partial charge in [0.1, 0.15) is 5.75 Å². The maximum absolute atomic E-state index is 13.0. The van der Waals surface area contributed by atoms with E-state index in [1.807, 2.05) is 35.9 Å². The van der Waals surface area contributed by atoms with Crippen LogP contribution in [0.4, 0.5) is 13.2 Å². The smallest absolute Gasteiger partial charge is 0.419 e. The maximum atomic E-state index is 13.0. The molecule has 0 aliphatic heterocycles. The summed E-state index contributed by atoms with van der Waals surface area (Å²) in [7, 11) is 1.23. The van der Waals surface area contributed by atoms with Gasteiger partial charge in [0.2, 0.25) is 0 Å². The number of ether oxygens (including phenoxy) is 1. The van der Waals surface area contributed by atoms with Gasteiger partial charge in [-0.1, -0.05) is 6.07 Å². The van der Waals surface area contributed by atoms with Gasteiger partial charge in [-0.25, -0.2) is 4.98 Å². The van der Waals surface area contributed by atoms with Crippen molar-refractivity contribution >= 4 is 11.3 Å². The molecule has 3 rings (SSSR count). The molecule has 2 aromatic heterocycles. The number of thiazole rings is 1. The number of hydrogen-bond acceptors (Lipinski definition) is 3. The third kappa shape index (κ3) is 2.91. The zero-order valence-corrected chi connectivity index (χ0v) is 14.1. The second-order valence-electron chi connectivity index (χ2n) is 5.38. The van der Waals surface area contributed by atoms with Crippen molar-refractivity contribution in [1.82, 2.24) is 9.55 Å². The summed E-state index contributed by atoms with van der Waals surface area (Å²) in [6.07, 6.45) is -4.45. The number of rotatable bonds is 3. The molecule has 0 amide bonds. The maximum Gasteiger partial charge on any atom is 0.419 e. The van der Waals surface area contributed by atoms with E-state index in [2.05, 4.69) is 4.98 Å². The fourth-order valence-corrected chi connectivity index (χ4v) is 3.50. The van der Waals surface area contributed by atoms with Crippen molar-refractivity contribution in [3.63, 3.8) is 0 Å². The van der Waals surface area contributed by atoms with Gasteiger partial charge in [-0.15, -0.1) is 11.3 Å². The monoisotopic (exact) mass is 352 g/mol. The average molecular weight is 352 g/mol. The van der Waals surface area contributed by atoms with E-state index in [-0.39, 0.29) is 5.75 Å². The number of aryl methyl sites for hydroxylation is 2. The van der Waals surface area contributed by atoms with Crippen LogP contribution in [0.25, 0.3) is 16.4 Å².